The second-order valence-corrected chi connectivity index (χ2v) is 7.77. The summed E-state index contributed by atoms with van der Waals surface area (Å²) in [5, 5.41) is 17.6. The maximum Gasteiger partial charge on any atom is 0.423 e. The van der Waals surface area contributed by atoms with Gasteiger partial charge < -0.3 is 15.2 Å². The Labute approximate surface area is 154 Å². The summed E-state index contributed by atoms with van der Waals surface area (Å²) in [6, 6.07) is 5.95. The molecule has 0 aliphatic carbocycles. The van der Waals surface area contributed by atoms with Gasteiger partial charge in [0.15, 0.2) is 0 Å². The van der Waals surface area contributed by atoms with E-state index in [4.69, 9.17) is 9.88 Å². The Morgan fingerprint density at radius 1 is 1.30 bits per heavy atom. The zero-order chi connectivity index (χ0) is 20.4. The van der Waals surface area contributed by atoms with Crippen molar-refractivity contribution < 1.29 is 27.2 Å². The summed E-state index contributed by atoms with van der Waals surface area (Å²) in [5.41, 5.74) is -0.729. The highest BCUT2D eigenvalue weighted by atomic mass is 32.2. The van der Waals surface area contributed by atoms with Crippen LogP contribution in [0.1, 0.15) is 19.4 Å². The van der Waals surface area contributed by atoms with E-state index in [1.54, 1.807) is 0 Å². The molecule has 1 heterocycles. The lowest BCUT2D eigenvalue weighted by atomic mass is 10.2. The van der Waals surface area contributed by atoms with Gasteiger partial charge in [0, 0.05) is 16.8 Å². The van der Waals surface area contributed by atoms with E-state index in [0.717, 1.165) is 0 Å². The number of anilines is 2. The number of hydrogen-bond acceptors (Lipinski definition) is 6. The van der Waals surface area contributed by atoms with Gasteiger partial charge in [-0.2, -0.15) is 18.2 Å². The van der Waals surface area contributed by atoms with Crippen molar-refractivity contribution in [1.29, 1.82) is 0 Å². The van der Waals surface area contributed by atoms with Crippen LogP contribution in [0.5, 0.6) is 5.88 Å². The lowest BCUT2D eigenvalue weighted by Crippen LogP contribution is -2.27. The number of nitrogens with two attached hydrogens (primary N) is 1. The van der Waals surface area contributed by atoms with Gasteiger partial charge in [-0.25, -0.2) is 9.19 Å². The van der Waals surface area contributed by atoms with Crippen molar-refractivity contribution in [2.24, 2.45) is 5.14 Å². The number of ether oxygens (including phenoxy) is 1. The highest BCUT2D eigenvalue weighted by molar-refractivity contribution is 7.98. The van der Waals surface area contributed by atoms with Gasteiger partial charge >= 0.3 is 6.18 Å². The van der Waals surface area contributed by atoms with Crippen molar-refractivity contribution in [2.75, 3.05) is 5.32 Å². The van der Waals surface area contributed by atoms with Gasteiger partial charge in [0.05, 0.1) is 15.8 Å². The number of nitrogens with one attached hydrogen (secondary N) is 1. The van der Waals surface area contributed by atoms with Crippen molar-refractivity contribution >= 4 is 27.2 Å². The molecule has 0 spiro atoms. The predicted octanol–water partition coefficient (Wildman–Crippen LogP) is 2.34. The standard InChI is InChI=1S/C16H19F3N4O3S/c1-9(24)10(2)26-14-13(16(17,18)19)8-21-15(23-14)22-11-4-6-12(7-5-11)27(3,20)25/h4-10,24H,3H2,1-2H3,(H2,20,25)(H,21,22,23)/t9-,10-,27?/m1/s1. The largest absolute Gasteiger partial charge is 0.471 e. The molecule has 1 aromatic heterocycles. The molecule has 11 heteroatoms. The molecule has 2 aromatic rings. The molecular formula is C16H19F3N4O3S. The zero-order valence-electron chi connectivity index (χ0n) is 14.5. The number of aliphatic hydroxyl groups excluding tert-OH is 1. The molecule has 0 saturated heterocycles. The van der Waals surface area contributed by atoms with E-state index in [1.807, 2.05) is 0 Å². The highest BCUT2D eigenvalue weighted by Gasteiger charge is 2.37. The van der Waals surface area contributed by atoms with Crippen LogP contribution in [0.2, 0.25) is 0 Å². The summed E-state index contributed by atoms with van der Waals surface area (Å²) in [5.74, 6) is 2.51. The fourth-order valence-electron chi connectivity index (χ4n) is 1.88. The molecule has 0 radical (unpaired) electrons. The topological polar surface area (TPSA) is 110 Å². The summed E-state index contributed by atoms with van der Waals surface area (Å²) < 4.78 is 56.2. The van der Waals surface area contributed by atoms with Gasteiger partial charge in [-0.05, 0) is 44.0 Å². The van der Waals surface area contributed by atoms with Crippen LogP contribution in [0.4, 0.5) is 24.8 Å². The fourth-order valence-corrected chi connectivity index (χ4v) is 2.48. The Balaban J connectivity index is 2.32. The van der Waals surface area contributed by atoms with Gasteiger partial charge in [0.2, 0.25) is 11.8 Å². The lowest BCUT2D eigenvalue weighted by Gasteiger charge is -2.20. The minimum absolute atomic E-state index is 0.147. The smallest absolute Gasteiger partial charge is 0.423 e. The van der Waals surface area contributed by atoms with Crippen molar-refractivity contribution in [3.05, 3.63) is 36.0 Å². The van der Waals surface area contributed by atoms with E-state index in [0.29, 0.717) is 16.8 Å². The van der Waals surface area contributed by atoms with Crippen LogP contribution in [0.15, 0.2) is 35.4 Å². The summed E-state index contributed by atoms with van der Waals surface area (Å²) in [7, 11) is -2.87. The van der Waals surface area contributed by atoms with Crippen molar-refractivity contribution in [3.63, 3.8) is 0 Å². The second kappa shape index (κ2) is 7.71. The van der Waals surface area contributed by atoms with Gasteiger partial charge in [-0.15, -0.1) is 0 Å². The number of aromatic nitrogens is 2. The van der Waals surface area contributed by atoms with Crippen molar-refractivity contribution in [1.82, 2.24) is 9.97 Å². The van der Waals surface area contributed by atoms with Crippen LogP contribution in [-0.2, 0) is 15.9 Å². The summed E-state index contributed by atoms with van der Waals surface area (Å²) in [6.07, 6.45) is -6.04. The maximum absolute atomic E-state index is 13.1. The van der Waals surface area contributed by atoms with E-state index < -0.39 is 39.5 Å². The van der Waals surface area contributed by atoms with E-state index in [-0.39, 0.29) is 5.95 Å². The molecule has 0 bridgehead atoms. The molecule has 7 nitrogen and oxygen atoms in total. The monoisotopic (exact) mass is 404 g/mol. The molecule has 0 saturated carbocycles. The molecule has 0 aliphatic heterocycles. The van der Waals surface area contributed by atoms with E-state index in [9.17, 15) is 22.5 Å². The molecular weight excluding hydrogens is 385 g/mol. The summed E-state index contributed by atoms with van der Waals surface area (Å²) in [4.78, 5) is 7.72. The molecule has 0 fully saturated rings. The first-order valence-electron chi connectivity index (χ1n) is 7.69. The normalized spacial score (nSPS) is 16.3. The Morgan fingerprint density at radius 2 is 1.89 bits per heavy atom. The average molecular weight is 404 g/mol. The minimum atomic E-state index is -4.72. The fraction of sp³-hybridized carbons (Fsp3) is 0.312. The van der Waals surface area contributed by atoms with Crippen LogP contribution in [0.25, 0.3) is 0 Å². The quantitative estimate of drug-likeness (QED) is 0.638. The van der Waals surface area contributed by atoms with E-state index in [2.05, 4.69) is 21.2 Å². The lowest BCUT2D eigenvalue weighted by molar-refractivity contribution is -0.140. The molecule has 1 unspecified atom stereocenters. The molecule has 148 valence electrons. The number of rotatable bonds is 6. The SMILES string of the molecule is C=S(N)(=O)c1ccc(Nc2ncc(C(F)(F)F)c(O[C@H](C)[C@@H](C)O)n2)cc1. The number of nitrogens with zero attached hydrogens (tertiary/aromatic N) is 2. The third-order valence-electron chi connectivity index (χ3n) is 3.55. The predicted molar refractivity (Wildman–Crippen MR) is 96.2 cm³/mol. The highest BCUT2D eigenvalue weighted by Crippen LogP contribution is 2.35. The second-order valence-electron chi connectivity index (χ2n) is 5.85. The van der Waals surface area contributed by atoms with Gasteiger partial charge in [0.25, 0.3) is 0 Å². The van der Waals surface area contributed by atoms with Gasteiger partial charge in [0.1, 0.15) is 11.7 Å². The number of alkyl halides is 3. The van der Waals surface area contributed by atoms with Crippen LogP contribution in [0, 0.1) is 0 Å². The Morgan fingerprint density at radius 3 is 2.37 bits per heavy atom. The molecule has 2 rings (SSSR count). The Bertz CT molecular complexity index is 900. The molecule has 0 amide bonds. The van der Waals surface area contributed by atoms with E-state index in [1.165, 1.54) is 38.1 Å². The first kappa shape index (κ1) is 20.9. The molecule has 3 atom stereocenters. The summed E-state index contributed by atoms with van der Waals surface area (Å²) >= 11 is 0. The molecule has 0 aliphatic rings. The molecule has 27 heavy (non-hydrogen) atoms. The van der Waals surface area contributed by atoms with Crippen molar-refractivity contribution in [2.45, 2.75) is 37.1 Å². The molecule has 1 aromatic carbocycles. The van der Waals surface area contributed by atoms with Gasteiger partial charge in [-0.1, -0.05) is 0 Å². The molecule has 4 N–H and O–H groups in total. The maximum atomic E-state index is 13.1. The average Bonchev–Trinajstić information content (AvgIpc) is 2.53. The van der Waals surface area contributed by atoms with Crippen LogP contribution < -0.4 is 15.2 Å². The summed E-state index contributed by atoms with van der Waals surface area (Å²) in [6.45, 7) is 2.81. The third-order valence-corrected chi connectivity index (χ3v) is 4.62. The van der Waals surface area contributed by atoms with Crippen molar-refractivity contribution in [3.8, 4) is 5.88 Å². The zero-order valence-corrected chi connectivity index (χ0v) is 15.3. The van der Waals surface area contributed by atoms with Gasteiger partial charge in [-0.3, -0.25) is 5.14 Å². The Kier molecular flexibility index (Phi) is 5.97. The van der Waals surface area contributed by atoms with Crippen LogP contribution >= 0.6 is 0 Å². The number of aliphatic hydroxyl groups is 1. The number of benzene rings is 1. The van der Waals surface area contributed by atoms with Crippen LogP contribution in [-0.4, -0.2) is 37.4 Å². The first-order valence-corrected chi connectivity index (χ1v) is 9.48. The minimum Gasteiger partial charge on any atom is -0.471 e. The number of hydrogen-bond donors (Lipinski definition) is 3. The van der Waals surface area contributed by atoms with Crippen LogP contribution in [0.3, 0.4) is 0 Å². The van der Waals surface area contributed by atoms with E-state index >= 15 is 0 Å². The number of halogens is 3. The first-order chi connectivity index (χ1) is 12.4. The Hall–Kier alpha value is -2.37. The third kappa shape index (κ3) is 5.55.